The molecule has 0 spiro atoms. The number of rotatable bonds is 14. The van der Waals surface area contributed by atoms with E-state index in [9.17, 15) is 0 Å². The quantitative estimate of drug-likeness (QED) is 0.274. The van der Waals surface area contributed by atoms with E-state index in [1.54, 1.807) is 7.11 Å². The van der Waals surface area contributed by atoms with E-state index in [1.807, 2.05) is 12.1 Å². The second-order valence-corrected chi connectivity index (χ2v) is 8.17. The van der Waals surface area contributed by atoms with E-state index in [1.165, 1.54) is 63.2 Å². The van der Waals surface area contributed by atoms with Crippen molar-refractivity contribution in [2.24, 2.45) is 0 Å². The zero-order valence-corrected chi connectivity index (χ0v) is 18.7. The summed E-state index contributed by atoms with van der Waals surface area (Å²) in [5.74, 6) is 1.62. The number of methoxy groups -OCH3 is 1. The number of fused-ring (bicyclic) bond motifs is 1. The standard InChI is InChI=1S/C27H37NO2/c1-3-4-5-6-7-8-9-10-11-14-19-30-26-18-17-23(21-27(26)29-2)25-20-22-15-12-13-16-24(22)28-25/h12-13,15-18,20-21,28H,3-11,14,19H2,1-2H3. The normalized spacial score (nSPS) is 11.1. The maximum atomic E-state index is 6.01. The third-order valence-corrected chi connectivity index (χ3v) is 5.76. The molecule has 162 valence electrons. The molecule has 0 fully saturated rings. The Kier molecular flexibility index (Phi) is 9.14. The van der Waals surface area contributed by atoms with Gasteiger partial charge in [-0.25, -0.2) is 0 Å². The smallest absolute Gasteiger partial charge is 0.161 e. The van der Waals surface area contributed by atoms with Gasteiger partial charge in [0.05, 0.1) is 13.7 Å². The third-order valence-electron chi connectivity index (χ3n) is 5.76. The van der Waals surface area contributed by atoms with Gasteiger partial charge >= 0.3 is 0 Å². The van der Waals surface area contributed by atoms with Crippen molar-refractivity contribution in [1.82, 2.24) is 4.98 Å². The van der Waals surface area contributed by atoms with Crippen LogP contribution in [-0.4, -0.2) is 18.7 Å². The van der Waals surface area contributed by atoms with Crippen LogP contribution in [0.5, 0.6) is 11.5 Å². The molecule has 0 amide bonds. The number of aromatic amines is 1. The zero-order valence-electron chi connectivity index (χ0n) is 18.7. The highest BCUT2D eigenvalue weighted by molar-refractivity contribution is 5.86. The maximum absolute atomic E-state index is 6.01. The Morgan fingerprint density at radius 2 is 1.43 bits per heavy atom. The molecule has 0 radical (unpaired) electrons. The van der Waals surface area contributed by atoms with E-state index in [4.69, 9.17) is 9.47 Å². The number of ether oxygens (including phenoxy) is 2. The average Bonchev–Trinajstić information content (AvgIpc) is 3.22. The second-order valence-electron chi connectivity index (χ2n) is 8.17. The van der Waals surface area contributed by atoms with E-state index >= 15 is 0 Å². The Balaban J connectivity index is 1.41. The van der Waals surface area contributed by atoms with Gasteiger partial charge in [-0.15, -0.1) is 0 Å². The lowest BCUT2D eigenvalue weighted by Crippen LogP contribution is -1.99. The summed E-state index contributed by atoms with van der Waals surface area (Å²) in [5, 5.41) is 1.22. The highest BCUT2D eigenvalue weighted by atomic mass is 16.5. The minimum absolute atomic E-state index is 0.749. The third kappa shape index (κ3) is 6.55. The van der Waals surface area contributed by atoms with Gasteiger partial charge in [-0.1, -0.05) is 82.9 Å². The average molecular weight is 408 g/mol. The monoisotopic (exact) mass is 407 g/mol. The first kappa shape index (κ1) is 22.3. The van der Waals surface area contributed by atoms with Gasteiger partial charge in [-0.05, 0) is 36.8 Å². The van der Waals surface area contributed by atoms with Gasteiger partial charge in [0.1, 0.15) is 0 Å². The number of para-hydroxylation sites is 1. The number of aromatic nitrogens is 1. The van der Waals surface area contributed by atoms with Gasteiger partial charge in [0, 0.05) is 22.2 Å². The van der Waals surface area contributed by atoms with Crippen molar-refractivity contribution in [3.8, 4) is 22.8 Å². The van der Waals surface area contributed by atoms with Crippen LogP contribution in [0.2, 0.25) is 0 Å². The topological polar surface area (TPSA) is 34.2 Å². The summed E-state index contributed by atoms with van der Waals surface area (Å²) in [4.78, 5) is 3.48. The highest BCUT2D eigenvalue weighted by Crippen LogP contribution is 2.33. The van der Waals surface area contributed by atoms with Crippen LogP contribution in [0.3, 0.4) is 0 Å². The molecule has 0 saturated carbocycles. The minimum atomic E-state index is 0.749. The van der Waals surface area contributed by atoms with Gasteiger partial charge in [0.15, 0.2) is 11.5 Å². The second kappa shape index (κ2) is 12.3. The first-order valence-electron chi connectivity index (χ1n) is 11.7. The largest absolute Gasteiger partial charge is 0.493 e. The first-order chi connectivity index (χ1) is 14.8. The summed E-state index contributed by atoms with van der Waals surface area (Å²) in [5.41, 5.74) is 3.35. The number of H-pyrrole nitrogens is 1. The zero-order chi connectivity index (χ0) is 21.0. The molecule has 1 aromatic heterocycles. The van der Waals surface area contributed by atoms with Crippen LogP contribution in [0.1, 0.15) is 71.1 Å². The fourth-order valence-electron chi connectivity index (χ4n) is 3.95. The van der Waals surface area contributed by atoms with E-state index in [0.717, 1.165) is 41.3 Å². The molecule has 1 N–H and O–H groups in total. The van der Waals surface area contributed by atoms with Crippen LogP contribution in [0.25, 0.3) is 22.2 Å². The fraction of sp³-hybridized carbons (Fsp3) is 0.481. The molecule has 3 rings (SSSR count). The number of benzene rings is 2. The van der Waals surface area contributed by atoms with Crippen LogP contribution in [0, 0.1) is 0 Å². The SMILES string of the molecule is CCCCCCCCCCCCOc1ccc(-c2cc3ccccc3[nH]2)cc1OC. The summed E-state index contributed by atoms with van der Waals surface area (Å²) in [6, 6.07) is 16.7. The molecule has 0 aliphatic carbocycles. The summed E-state index contributed by atoms with van der Waals surface area (Å²) in [6.07, 6.45) is 13.3. The maximum Gasteiger partial charge on any atom is 0.161 e. The van der Waals surface area contributed by atoms with Gasteiger partial charge in [0.25, 0.3) is 0 Å². The molecule has 1 heterocycles. The van der Waals surface area contributed by atoms with Crippen molar-refractivity contribution in [2.45, 2.75) is 71.1 Å². The molecular weight excluding hydrogens is 370 g/mol. The van der Waals surface area contributed by atoms with Crippen molar-refractivity contribution in [1.29, 1.82) is 0 Å². The molecule has 0 aliphatic rings. The molecule has 0 unspecified atom stereocenters. The molecule has 3 aromatic rings. The predicted octanol–water partition coefficient (Wildman–Crippen LogP) is 8.14. The molecule has 0 atom stereocenters. The Morgan fingerprint density at radius 3 is 2.13 bits per heavy atom. The Morgan fingerprint density at radius 1 is 0.733 bits per heavy atom. The van der Waals surface area contributed by atoms with Gasteiger partial charge < -0.3 is 14.5 Å². The molecule has 3 heteroatoms. The summed E-state index contributed by atoms with van der Waals surface area (Å²) >= 11 is 0. The van der Waals surface area contributed by atoms with Crippen LogP contribution in [-0.2, 0) is 0 Å². The van der Waals surface area contributed by atoms with Crippen LogP contribution < -0.4 is 9.47 Å². The molecule has 3 nitrogen and oxygen atoms in total. The summed E-state index contributed by atoms with van der Waals surface area (Å²) in [7, 11) is 1.71. The van der Waals surface area contributed by atoms with Gasteiger partial charge in [-0.2, -0.15) is 0 Å². The lowest BCUT2D eigenvalue weighted by Gasteiger charge is -2.12. The Labute approximate surface area is 181 Å². The van der Waals surface area contributed by atoms with Crippen molar-refractivity contribution in [3.05, 3.63) is 48.5 Å². The summed E-state index contributed by atoms with van der Waals surface area (Å²) < 4.78 is 11.6. The number of hydrogen-bond donors (Lipinski definition) is 1. The van der Waals surface area contributed by atoms with Gasteiger partial charge in [-0.3, -0.25) is 0 Å². The van der Waals surface area contributed by atoms with E-state index in [2.05, 4.69) is 48.3 Å². The summed E-state index contributed by atoms with van der Waals surface area (Å²) in [6.45, 7) is 3.02. The van der Waals surface area contributed by atoms with Gasteiger partial charge in [0.2, 0.25) is 0 Å². The van der Waals surface area contributed by atoms with Crippen LogP contribution in [0.15, 0.2) is 48.5 Å². The van der Waals surface area contributed by atoms with Crippen molar-refractivity contribution >= 4 is 10.9 Å². The highest BCUT2D eigenvalue weighted by Gasteiger charge is 2.09. The number of nitrogens with one attached hydrogen (secondary N) is 1. The van der Waals surface area contributed by atoms with E-state index in [-0.39, 0.29) is 0 Å². The van der Waals surface area contributed by atoms with Crippen molar-refractivity contribution < 1.29 is 9.47 Å². The number of unbranched alkanes of at least 4 members (excludes halogenated alkanes) is 9. The predicted molar refractivity (Wildman–Crippen MR) is 128 cm³/mol. The molecular formula is C27H37NO2. The lowest BCUT2D eigenvalue weighted by atomic mass is 10.1. The molecule has 30 heavy (non-hydrogen) atoms. The Bertz CT molecular complexity index is 850. The first-order valence-corrected chi connectivity index (χ1v) is 11.7. The van der Waals surface area contributed by atoms with Crippen LogP contribution >= 0.6 is 0 Å². The van der Waals surface area contributed by atoms with E-state index < -0.39 is 0 Å². The van der Waals surface area contributed by atoms with Crippen molar-refractivity contribution in [3.63, 3.8) is 0 Å². The van der Waals surface area contributed by atoms with Crippen LogP contribution in [0.4, 0.5) is 0 Å². The minimum Gasteiger partial charge on any atom is -0.493 e. The molecule has 0 saturated heterocycles. The molecule has 2 aromatic carbocycles. The molecule has 0 aliphatic heterocycles. The Hall–Kier alpha value is -2.42. The molecule has 0 bridgehead atoms. The van der Waals surface area contributed by atoms with E-state index in [0.29, 0.717) is 0 Å². The fourth-order valence-corrected chi connectivity index (χ4v) is 3.95. The van der Waals surface area contributed by atoms with Crippen molar-refractivity contribution in [2.75, 3.05) is 13.7 Å². The lowest BCUT2D eigenvalue weighted by molar-refractivity contribution is 0.284. The number of hydrogen-bond acceptors (Lipinski definition) is 2.